The van der Waals surface area contributed by atoms with Gasteiger partial charge in [0.2, 0.25) is 6.41 Å². The largest absolute Gasteiger partial charge is 0.340 e. The summed E-state index contributed by atoms with van der Waals surface area (Å²) in [6.07, 6.45) is 4.27. The lowest BCUT2D eigenvalue weighted by Gasteiger charge is -2.40. The molecule has 0 bridgehead atoms. The summed E-state index contributed by atoms with van der Waals surface area (Å²) >= 11 is 0. The molecule has 0 aromatic rings. The van der Waals surface area contributed by atoms with Crippen LogP contribution in [-0.2, 0) is 4.79 Å². The van der Waals surface area contributed by atoms with Gasteiger partial charge in [0.1, 0.15) is 5.54 Å². The van der Waals surface area contributed by atoms with E-state index in [4.69, 9.17) is 5.26 Å². The van der Waals surface area contributed by atoms with E-state index in [9.17, 15) is 4.79 Å². The first-order valence-corrected chi connectivity index (χ1v) is 5.56. The second-order valence-corrected chi connectivity index (χ2v) is 5.60. The number of nitrogens with one attached hydrogen (secondary N) is 1. The Balaban J connectivity index is 2.62. The zero-order chi connectivity index (χ0) is 11.5. The second-order valence-electron chi connectivity index (χ2n) is 5.60. The highest BCUT2D eigenvalue weighted by atomic mass is 16.1. The van der Waals surface area contributed by atoms with Gasteiger partial charge in [0.15, 0.2) is 0 Å². The third kappa shape index (κ3) is 2.71. The molecule has 1 aliphatic rings. The van der Waals surface area contributed by atoms with E-state index < -0.39 is 5.54 Å². The van der Waals surface area contributed by atoms with Crippen LogP contribution in [0.2, 0.25) is 0 Å². The molecule has 0 heterocycles. The van der Waals surface area contributed by atoms with Crippen molar-refractivity contribution in [1.82, 2.24) is 5.32 Å². The van der Waals surface area contributed by atoms with Crippen molar-refractivity contribution in [3.05, 3.63) is 0 Å². The number of nitrogens with zero attached hydrogens (tertiary/aromatic N) is 1. The van der Waals surface area contributed by atoms with Gasteiger partial charge in [-0.25, -0.2) is 0 Å². The highest BCUT2D eigenvalue weighted by molar-refractivity contribution is 5.49. The summed E-state index contributed by atoms with van der Waals surface area (Å²) in [6, 6.07) is 2.25. The smallest absolute Gasteiger partial charge is 0.208 e. The molecule has 0 unspecified atom stereocenters. The number of nitriles is 1. The number of hydrogen-bond donors (Lipinski definition) is 1. The summed E-state index contributed by atoms with van der Waals surface area (Å²) in [5.41, 5.74) is -0.285. The molecule has 0 saturated heterocycles. The van der Waals surface area contributed by atoms with Gasteiger partial charge >= 0.3 is 0 Å². The maximum atomic E-state index is 10.5. The fourth-order valence-electron chi connectivity index (χ4n) is 2.38. The Hall–Kier alpha value is -1.04. The topological polar surface area (TPSA) is 52.9 Å². The van der Waals surface area contributed by atoms with E-state index in [0.717, 1.165) is 25.7 Å². The van der Waals surface area contributed by atoms with Gasteiger partial charge in [-0.3, -0.25) is 4.79 Å². The van der Waals surface area contributed by atoms with E-state index in [-0.39, 0.29) is 0 Å². The normalized spacial score (nSPS) is 31.7. The molecule has 1 fully saturated rings. The molecular weight excluding hydrogens is 188 g/mol. The first-order chi connectivity index (χ1) is 6.93. The number of hydrogen-bond acceptors (Lipinski definition) is 2. The Bertz CT molecular complexity index is 264. The van der Waals surface area contributed by atoms with Gasteiger partial charge in [-0.2, -0.15) is 5.26 Å². The highest BCUT2D eigenvalue weighted by Crippen LogP contribution is 2.40. The molecule has 3 heteroatoms. The van der Waals surface area contributed by atoms with Crippen molar-refractivity contribution in [2.24, 2.45) is 11.3 Å². The molecule has 0 aromatic heterocycles. The standard InChI is InChI=1S/C12H20N2O/c1-11(2,3)10-4-6-12(8-13,7-5-10)14-9-15/h9-10H,4-7H2,1-3H3,(H,14,15). The number of carbonyl (C=O) groups excluding carboxylic acids is 1. The van der Waals surface area contributed by atoms with E-state index in [0.29, 0.717) is 17.7 Å². The van der Waals surface area contributed by atoms with Crippen LogP contribution in [-0.4, -0.2) is 11.9 Å². The Labute approximate surface area is 91.9 Å². The lowest BCUT2D eigenvalue weighted by Crippen LogP contribution is -2.47. The van der Waals surface area contributed by atoms with Crippen LogP contribution >= 0.6 is 0 Å². The summed E-state index contributed by atoms with van der Waals surface area (Å²) in [5, 5.41) is 11.8. The molecule has 84 valence electrons. The Morgan fingerprint density at radius 3 is 2.27 bits per heavy atom. The van der Waals surface area contributed by atoms with Gasteiger partial charge in [-0.1, -0.05) is 20.8 Å². The van der Waals surface area contributed by atoms with Crippen LogP contribution in [0.1, 0.15) is 46.5 Å². The van der Waals surface area contributed by atoms with E-state index in [1.165, 1.54) is 0 Å². The minimum Gasteiger partial charge on any atom is -0.340 e. The summed E-state index contributed by atoms with van der Waals surface area (Å²) in [4.78, 5) is 10.5. The molecule has 0 radical (unpaired) electrons. The maximum absolute atomic E-state index is 10.5. The summed E-state index contributed by atoms with van der Waals surface area (Å²) in [6.45, 7) is 6.72. The lowest BCUT2D eigenvalue weighted by molar-refractivity contribution is -0.111. The van der Waals surface area contributed by atoms with Crippen molar-refractivity contribution in [2.45, 2.75) is 52.0 Å². The first-order valence-electron chi connectivity index (χ1n) is 5.56. The van der Waals surface area contributed by atoms with Crippen LogP contribution < -0.4 is 5.32 Å². The quantitative estimate of drug-likeness (QED) is 0.707. The van der Waals surface area contributed by atoms with Gasteiger partial charge in [0.05, 0.1) is 6.07 Å². The molecule has 1 amide bonds. The number of amides is 1. The molecule has 3 nitrogen and oxygen atoms in total. The number of carbonyl (C=O) groups is 1. The number of rotatable bonds is 2. The Morgan fingerprint density at radius 1 is 1.40 bits per heavy atom. The molecular formula is C12H20N2O. The van der Waals surface area contributed by atoms with Crippen molar-refractivity contribution < 1.29 is 4.79 Å². The van der Waals surface area contributed by atoms with Crippen LogP contribution in [0.5, 0.6) is 0 Å². The molecule has 1 saturated carbocycles. The van der Waals surface area contributed by atoms with Crippen LogP contribution in [0.3, 0.4) is 0 Å². The summed E-state index contributed by atoms with van der Waals surface area (Å²) in [7, 11) is 0. The molecule has 15 heavy (non-hydrogen) atoms. The molecule has 1 rings (SSSR count). The Morgan fingerprint density at radius 2 is 1.93 bits per heavy atom. The second kappa shape index (κ2) is 4.22. The fourth-order valence-corrected chi connectivity index (χ4v) is 2.38. The zero-order valence-electron chi connectivity index (χ0n) is 9.84. The molecule has 1 aliphatic carbocycles. The summed E-state index contributed by atoms with van der Waals surface area (Å²) in [5.74, 6) is 0.660. The average Bonchev–Trinajstić information content (AvgIpc) is 2.17. The van der Waals surface area contributed by atoms with Crippen LogP contribution in [0.4, 0.5) is 0 Å². The predicted octanol–water partition coefficient (Wildman–Crippen LogP) is 2.23. The van der Waals surface area contributed by atoms with Crippen molar-refractivity contribution in [2.75, 3.05) is 0 Å². The van der Waals surface area contributed by atoms with Gasteiger partial charge in [-0.15, -0.1) is 0 Å². The van der Waals surface area contributed by atoms with Crippen molar-refractivity contribution in [1.29, 1.82) is 5.26 Å². The zero-order valence-corrected chi connectivity index (χ0v) is 9.84. The van der Waals surface area contributed by atoms with Crippen molar-refractivity contribution in [3.63, 3.8) is 0 Å². The molecule has 0 aromatic carbocycles. The summed E-state index contributed by atoms with van der Waals surface area (Å²) < 4.78 is 0. The lowest BCUT2D eigenvalue weighted by atomic mass is 9.68. The third-order valence-electron chi connectivity index (χ3n) is 3.61. The van der Waals surface area contributed by atoms with Crippen LogP contribution in [0.25, 0.3) is 0 Å². The maximum Gasteiger partial charge on any atom is 0.208 e. The fraction of sp³-hybridized carbons (Fsp3) is 0.833. The highest BCUT2D eigenvalue weighted by Gasteiger charge is 2.38. The predicted molar refractivity (Wildman–Crippen MR) is 59.0 cm³/mol. The molecule has 1 N–H and O–H groups in total. The van der Waals surface area contributed by atoms with Gasteiger partial charge < -0.3 is 5.32 Å². The SMILES string of the molecule is CC(C)(C)C1CCC(C#N)(NC=O)CC1. The van der Waals surface area contributed by atoms with E-state index >= 15 is 0 Å². The van der Waals surface area contributed by atoms with E-state index in [1.54, 1.807) is 0 Å². The van der Waals surface area contributed by atoms with Crippen LogP contribution in [0, 0.1) is 22.7 Å². The molecule has 0 spiro atoms. The van der Waals surface area contributed by atoms with E-state index in [2.05, 4.69) is 32.2 Å². The van der Waals surface area contributed by atoms with Crippen molar-refractivity contribution in [3.8, 4) is 6.07 Å². The molecule has 0 aliphatic heterocycles. The van der Waals surface area contributed by atoms with Gasteiger partial charge in [0, 0.05) is 0 Å². The Kier molecular flexibility index (Phi) is 3.38. The average molecular weight is 208 g/mol. The monoisotopic (exact) mass is 208 g/mol. The van der Waals surface area contributed by atoms with Gasteiger partial charge in [-0.05, 0) is 37.0 Å². The third-order valence-corrected chi connectivity index (χ3v) is 3.61. The minimum absolute atomic E-state index is 0.308. The van der Waals surface area contributed by atoms with E-state index in [1.807, 2.05) is 0 Å². The molecule has 0 atom stereocenters. The minimum atomic E-state index is -0.594. The van der Waals surface area contributed by atoms with Gasteiger partial charge in [0.25, 0.3) is 0 Å². The van der Waals surface area contributed by atoms with Crippen molar-refractivity contribution >= 4 is 6.41 Å². The van der Waals surface area contributed by atoms with Crippen LogP contribution in [0.15, 0.2) is 0 Å². The first kappa shape index (κ1) is 12.0.